The Hall–Kier alpha value is -3.75. The number of nitrogens with zero attached hydrogens (tertiary/aromatic N) is 6. The Balaban J connectivity index is 1.46. The van der Waals surface area contributed by atoms with Crippen LogP contribution in [0, 0.1) is 0 Å². The largest absolute Gasteiger partial charge is 0.478 e. The molecule has 3 heterocycles. The first-order valence-corrected chi connectivity index (χ1v) is 8.90. The highest BCUT2D eigenvalue weighted by atomic mass is 16.4. The molecule has 28 heavy (non-hydrogen) atoms. The third kappa shape index (κ3) is 3.83. The van der Waals surface area contributed by atoms with Crippen molar-refractivity contribution >= 4 is 29.4 Å². The lowest BCUT2D eigenvalue weighted by molar-refractivity contribution is 0.0698. The first-order valence-electron chi connectivity index (χ1n) is 8.90. The van der Waals surface area contributed by atoms with Crippen LogP contribution in [0.1, 0.15) is 10.4 Å². The zero-order valence-electron chi connectivity index (χ0n) is 15.1. The highest BCUT2D eigenvalue weighted by Crippen LogP contribution is 2.21. The SMILES string of the molecule is O=C(O)c1ccccc1Nc1ccnc(N2CCN(c3ncccn3)CC2)n1. The number of aromatic nitrogens is 4. The van der Waals surface area contributed by atoms with Crippen molar-refractivity contribution in [2.75, 3.05) is 41.3 Å². The molecule has 1 aromatic carbocycles. The Kier molecular flexibility index (Phi) is 4.96. The molecule has 0 spiro atoms. The summed E-state index contributed by atoms with van der Waals surface area (Å²) in [6.07, 6.45) is 5.14. The number of carboxylic acid groups (broad SMARTS) is 1. The Labute approximate surface area is 161 Å². The van der Waals surface area contributed by atoms with Crippen LogP contribution >= 0.6 is 0 Å². The van der Waals surface area contributed by atoms with Gasteiger partial charge in [-0.15, -0.1) is 0 Å². The van der Waals surface area contributed by atoms with Gasteiger partial charge in [-0.25, -0.2) is 19.7 Å². The van der Waals surface area contributed by atoms with Crippen molar-refractivity contribution in [3.63, 3.8) is 0 Å². The summed E-state index contributed by atoms with van der Waals surface area (Å²) in [6.45, 7) is 3.03. The number of rotatable bonds is 5. The molecule has 0 bridgehead atoms. The predicted octanol–water partition coefficient (Wildman–Crippen LogP) is 2.03. The van der Waals surface area contributed by atoms with Crippen LogP contribution in [-0.4, -0.2) is 57.2 Å². The minimum Gasteiger partial charge on any atom is -0.478 e. The van der Waals surface area contributed by atoms with Gasteiger partial charge in [0.05, 0.1) is 11.3 Å². The van der Waals surface area contributed by atoms with Crippen LogP contribution in [0.15, 0.2) is 55.0 Å². The van der Waals surface area contributed by atoms with E-state index in [0.717, 1.165) is 32.1 Å². The van der Waals surface area contributed by atoms with E-state index in [9.17, 15) is 9.90 Å². The number of nitrogens with one attached hydrogen (secondary N) is 1. The monoisotopic (exact) mass is 377 g/mol. The van der Waals surface area contributed by atoms with E-state index in [2.05, 4.69) is 35.1 Å². The van der Waals surface area contributed by atoms with Gasteiger partial charge in [0.25, 0.3) is 0 Å². The summed E-state index contributed by atoms with van der Waals surface area (Å²) in [5, 5.41) is 12.4. The molecule has 0 saturated carbocycles. The third-order valence-corrected chi connectivity index (χ3v) is 4.46. The van der Waals surface area contributed by atoms with Gasteiger partial charge >= 0.3 is 5.97 Å². The summed E-state index contributed by atoms with van der Waals surface area (Å²) >= 11 is 0. The number of benzene rings is 1. The number of aromatic carboxylic acids is 1. The molecule has 0 radical (unpaired) electrons. The maximum absolute atomic E-state index is 11.4. The molecule has 1 fully saturated rings. The summed E-state index contributed by atoms with van der Waals surface area (Å²) in [7, 11) is 0. The van der Waals surface area contributed by atoms with Gasteiger partial charge in [-0.05, 0) is 24.3 Å². The van der Waals surface area contributed by atoms with E-state index in [1.807, 2.05) is 0 Å². The molecule has 0 amide bonds. The molecule has 0 aliphatic carbocycles. The van der Waals surface area contributed by atoms with Crippen molar-refractivity contribution in [3.8, 4) is 0 Å². The number of carbonyl (C=O) groups is 1. The smallest absolute Gasteiger partial charge is 0.337 e. The molecule has 2 N–H and O–H groups in total. The Morgan fingerprint density at radius 3 is 2.21 bits per heavy atom. The van der Waals surface area contributed by atoms with Crippen LogP contribution in [0.3, 0.4) is 0 Å². The lowest BCUT2D eigenvalue weighted by Gasteiger charge is -2.34. The molecular weight excluding hydrogens is 358 g/mol. The van der Waals surface area contributed by atoms with Crippen molar-refractivity contribution in [2.24, 2.45) is 0 Å². The van der Waals surface area contributed by atoms with Gasteiger partial charge in [0.15, 0.2) is 0 Å². The van der Waals surface area contributed by atoms with E-state index in [1.54, 1.807) is 55.0 Å². The Bertz CT molecular complexity index is 959. The number of anilines is 4. The first kappa shape index (κ1) is 17.7. The van der Waals surface area contributed by atoms with Gasteiger partial charge in [-0.3, -0.25) is 0 Å². The second kappa shape index (κ2) is 7.87. The summed E-state index contributed by atoms with van der Waals surface area (Å²) in [6, 6.07) is 10.3. The van der Waals surface area contributed by atoms with Gasteiger partial charge < -0.3 is 20.2 Å². The van der Waals surface area contributed by atoms with Crippen molar-refractivity contribution < 1.29 is 9.90 Å². The molecule has 142 valence electrons. The van der Waals surface area contributed by atoms with Crippen molar-refractivity contribution in [1.29, 1.82) is 0 Å². The van der Waals surface area contributed by atoms with Crippen LogP contribution in [0.25, 0.3) is 0 Å². The van der Waals surface area contributed by atoms with Gasteiger partial charge in [0, 0.05) is 44.8 Å². The van der Waals surface area contributed by atoms with Gasteiger partial charge in [-0.1, -0.05) is 12.1 Å². The van der Waals surface area contributed by atoms with E-state index in [4.69, 9.17) is 0 Å². The highest BCUT2D eigenvalue weighted by molar-refractivity contribution is 5.94. The van der Waals surface area contributed by atoms with Crippen molar-refractivity contribution in [3.05, 3.63) is 60.6 Å². The van der Waals surface area contributed by atoms with Crippen LogP contribution < -0.4 is 15.1 Å². The van der Waals surface area contributed by atoms with Crippen LogP contribution in [0.2, 0.25) is 0 Å². The van der Waals surface area contributed by atoms with Crippen LogP contribution in [0.4, 0.5) is 23.4 Å². The lowest BCUT2D eigenvalue weighted by Crippen LogP contribution is -2.47. The predicted molar refractivity (Wildman–Crippen MR) is 105 cm³/mol. The minimum absolute atomic E-state index is 0.194. The number of piperazine rings is 1. The Morgan fingerprint density at radius 2 is 1.50 bits per heavy atom. The third-order valence-electron chi connectivity index (χ3n) is 4.46. The average molecular weight is 377 g/mol. The highest BCUT2D eigenvalue weighted by Gasteiger charge is 2.21. The maximum Gasteiger partial charge on any atom is 0.337 e. The van der Waals surface area contributed by atoms with Crippen molar-refractivity contribution in [2.45, 2.75) is 0 Å². The molecule has 9 nitrogen and oxygen atoms in total. The Morgan fingerprint density at radius 1 is 0.857 bits per heavy atom. The standard InChI is InChI=1S/C19H19N7O2/c27-17(28)14-4-1-2-5-15(14)23-16-6-9-22-19(24-16)26-12-10-25(11-13-26)18-20-7-3-8-21-18/h1-9H,10-13H2,(H,27,28)(H,22,23,24). The van der Waals surface area contributed by atoms with Gasteiger partial charge in [0.1, 0.15) is 5.82 Å². The summed E-state index contributed by atoms with van der Waals surface area (Å²) in [4.78, 5) is 33.1. The first-order chi connectivity index (χ1) is 13.7. The number of hydrogen-bond acceptors (Lipinski definition) is 8. The van der Waals surface area contributed by atoms with Gasteiger partial charge in [-0.2, -0.15) is 4.98 Å². The fourth-order valence-corrected chi connectivity index (χ4v) is 3.05. The van der Waals surface area contributed by atoms with Gasteiger partial charge in [0.2, 0.25) is 11.9 Å². The molecule has 4 rings (SSSR count). The van der Waals surface area contributed by atoms with Crippen LogP contribution in [0.5, 0.6) is 0 Å². The topological polar surface area (TPSA) is 107 Å². The van der Waals surface area contributed by atoms with E-state index in [-0.39, 0.29) is 5.56 Å². The number of carboxylic acids is 1. The normalized spacial score (nSPS) is 14.0. The molecule has 1 aliphatic heterocycles. The van der Waals surface area contributed by atoms with E-state index < -0.39 is 5.97 Å². The zero-order chi connectivity index (χ0) is 19.3. The molecular formula is C19H19N7O2. The second-order valence-electron chi connectivity index (χ2n) is 6.24. The molecule has 0 atom stereocenters. The van der Waals surface area contributed by atoms with E-state index in [1.165, 1.54) is 0 Å². The second-order valence-corrected chi connectivity index (χ2v) is 6.24. The van der Waals surface area contributed by atoms with E-state index in [0.29, 0.717) is 17.5 Å². The summed E-state index contributed by atoms with van der Waals surface area (Å²) in [5.74, 6) is 0.888. The molecule has 1 saturated heterocycles. The number of hydrogen-bond donors (Lipinski definition) is 2. The minimum atomic E-state index is -0.989. The summed E-state index contributed by atoms with van der Waals surface area (Å²) in [5.41, 5.74) is 0.685. The number of para-hydroxylation sites is 1. The van der Waals surface area contributed by atoms with E-state index >= 15 is 0 Å². The fraction of sp³-hybridized carbons (Fsp3) is 0.211. The maximum atomic E-state index is 11.4. The molecule has 9 heteroatoms. The molecule has 2 aromatic heterocycles. The van der Waals surface area contributed by atoms with Crippen LogP contribution in [-0.2, 0) is 0 Å². The quantitative estimate of drug-likeness (QED) is 0.690. The summed E-state index contributed by atoms with van der Waals surface area (Å²) < 4.78 is 0. The molecule has 0 unspecified atom stereocenters. The van der Waals surface area contributed by atoms with Crippen molar-refractivity contribution in [1.82, 2.24) is 19.9 Å². The average Bonchev–Trinajstić information content (AvgIpc) is 2.75. The molecule has 1 aliphatic rings. The fourth-order valence-electron chi connectivity index (χ4n) is 3.05. The lowest BCUT2D eigenvalue weighted by atomic mass is 10.2. The zero-order valence-corrected chi connectivity index (χ0v) is 15.1. The molecule has 3 aromatic rings.